The highest BCUT2D eigenvalue weighted by molar-refractivity contribution is 7.26. The third-order valence-electron chi connectivity index (χ3n) is 3.81. The van der Waals surface area contributed by atoms with Crippen LogP contribution >= 0.6 is 11.3 Å². The normalized spacial score (nSPS) is 12.0. The SMILES string of the molecule is Cc1cccc2c1sc1c(C)n(CCNC(=O)OC(C)(C)C)nc12. The predicted molar refractivity (Wildman–Crippen MR) is 98.8 cm³/mol. The maximum Gasteiger partial charge on any atom is 0.407 e. The van der Waals surface area contributed by atoms with Crippen molar-refractivity contribution < 1.29 is 9.53 Å². The van der Waals surface area contributed by atoms with Gasteiger partial charge in [-0.15, -0.1) is 11.3 Å². The molecule has 0 aliphatic carbocycles. The number of hydrogen-bond acceptors (Lipinski definition) is 4. The fourth-order valence-corrected chi connectivity index (χ4v) is 3.91. The molecule has 0 spiro atoms. The van der Waals surface area contributed by atoms with E-state index >= 15 is 0 Å². The van der Waals surface area contributed by atoms with Gasteiger partial charge in [-0.2, -0.15) is 5.10 Å². The molecule has 3 rings (SSSR count). The molecule has 2 aromatic heterocycles. The Balaban J connectivity index is 1.75. The van der Waals surface area contributed by atoms with Crippen molar-refractivity contribution in [2.24, 2.45) is 0 Å². The Morgan fingerprint density at radius 3 is 2.75 bits per heavy atom. The summed E-state index contributed by atoms with van der Waals surface area (Å²) in [6.07, 6.45) is -0.393. The molecule has 1 N–H and O–H groups in total. The number of rotatable bonds is 3. The van der Waals surface area contributed by atoms with E-state index in [1.165, 1.54) is 20.3 Å². The molecule has 3 aromatic rings. The highest BCUT2D eigenvalue weighted by atomic mass is 32.1. The summed E-state index contributed by atoms with van der Waals surface area (Å²) in [6.45, 7) is 10.9. The van der Waals surface area contributed by atoms with Gasteiger partial charge in [0.05, 0.1) is 16.9 Å². The van der Waals surface area contributed by atoms with Crippen LogP contribution in [0, 0.1) is 13.8 Å². The highest BCUT2D eigenvalue weighted by Crippen LogP contribution is 2.36. The Hall–Kier alpha value is -2.08. The van der Waals surface area contributed by atoms with Gasteiger partial charge in [0.2, 0.25) is 0 Å². The van der Waals surface area contributed by atoms with E-state index in [0.29, 0.717) is 13.1 Å². The molecule has 0 atom stereocenters. The van der Waals surface area contributed by atoms with Crippen molar-refractivity contribution in [3.05, 3.63) is 29.5 Å². The molecule has 0 saturated carbocycles. The molecule has 0 aliphatic rings. The van der Waals surface area contributed by atoms with Gasteiger partial charge in [-0.05, 0) is 40.2 Å². The highest BCUT2D eigenvalue weighted by Gasteiger charge is 2.17. The minimum atomic E-state index is -0.481. The van der Waals surface area contributed by atoms with Crippen LogP contribution in [0.4, 0.5) is 4.79 Å². The molecule has 0 radical (unpaired) electrons. The van der Waals surface area contributed by atoms with Crippen LogP contribution in [0.25, 0.3) is 20.3 Å². The van der Waals surface area contributed by atoms with Crippen LogP contribution in [0.15, 0.2) is 18.2 Å². The van der Waals surface area contributed by atoms with Gasteiger partial charge in [0, 0.05) is 16.6 Å². The second-order valence-electron chi connectivity index (χ2n) is 6.97. The van der Waals surface area contributed by atoms with Gasteiger partial charge in [0.15, 0.2) is 0 Å². The lowest BCUT2D eigenvalue weighted by atomic mass is 10.2. The van der Waals surface area contributed by atoms with E-state index < -0.39 is 11.7 Å². The summed E-state index contributed by atoms with van der Waals surface area (Å²) < 4.78 is 9.72. The summed E-state index contributed by atoms with van der Waals surface area (Å²) in [6, 6.07) is 6.32. The van der Waals surface area contributed by atoms with Crippen LogP contribution in [0.2, 0.25) is 0 Å². The largest absolute Gasteiger partial charge is 0.444 e. The van der Waals surface area contributed by atoms with Gasteiger partial charge in [-0.1, -0.05) is 18.2 Å². The number of alkyl carbamates (subject to hydrolysis) is 1. The summed E-state index contributed by atoms with van der Waals surface area (Å²) in [5, 5.41) is 8.73. The summed E-state index contributed by atoms with van der Waals surface area (Å²) in [4.78, 5) is 11.7. The number of amides is 1. The van der Waals surface area contributed by atoms with Crippen molar-refractivity contribution >= 4 is 37.7 Å². The molecule has 2 heterocycles. The minimum absolute atomic E-state index is 0.393. The number of nitrogens with zero attached hydrogens (tertiary/aromatic N) is 2. The fraction of sp³-hybridized carbons (Fsp3) is 0.444. The summed E-state index contributed by atoms with van der Waals surface area (Å²) in [5.74, 6) is 0. The zero-order valence-electron chi connectivity index (χ0n) is 14.8. The molecule has 6 heteroatoms. The lowest BCUT2D eigenvalue weighted by molar-refractivity contribution is 0.0525. The maximum atomic E-state index is 11.7. The zero-order chi connectivity index (χ0) is 17.5. The van der Waals surface area contributed by atoms with Crippen LogP contribution in [0.3, 0.4) is 0 Å². The Morgan fingerprint density at radius 1 is 1.29 bits per heavy atom. The number of ether oxygens (including phenoxy) is 1. The van der Waals surface area contributed by atoms with Crippen molar-refractivity contribution in [1.82, 2.24) is 15.1 Å². The van der Waals surface area contributed by atoms with Gasteiger partial charge >= 0.3 is 6.09 Å². The molecule has 0 bridgehead atoms. The first-order valence-corrected chi connectivity index (χ1v) is 8.90. The van der Waals surface area contributed by atoms with Crippen molar-refractivity contribution in [1.29, 1.82) is 0 Å². The Bertz CT molecular complexity index is 902. The molecule has 1 amide bonds. The van der Waals surface area contributed by atoms with Crippen LogP contribution in [-0.4, -0.2) is 28.0 Å². The van der Waals surface area contributed by atoms with Crippen LogP contribution < -0.4 is 5.32 Å². The molecule has 5 nitrogen and oxygen atoms in total. The summed E-state index contributed by atoms with van der Waals surface area (Å²) in [7, 11) is 0. The second kappa shape index (κ2) is 6.09. The van der Waals surface area contributed by atoms with Crippen molar-refractivity contribution in [2.45, 2.75) is 46.8 Å². The standard InChI is InChI=1S/C18H23N3O2S/c1-11-7-6-8-13-14-16(24-15(11)13)12(2)21(20-14)10-9-19-17(22)23-18(3,4)5/h6-8H,9-10H2,1-5H3,(H,19,22). The number of nitrogens with one attached hydrogen (secondary N) is 1. The topological polar surface area (TPSA) is 56.2 Å². The lowest BCUT2D eigenvalue weighted by Gasteiger charge is -2.19. The predicted octanol–water partition coefficient (Wildman–Crippen LogP) is 4.39. The van der Waals surface area contributed by atoms with Crippen molar-refractivity contribution in [2.75, 3.05) is 6.54 Å². The maximum absolute atomic E-state index is 11.7. The van der Waals surface area contributed by atoms with E-state index in [4.69, 9.17) is 9.84 Å². The first-order valence-electron chi connectivity index (χ1n) is 8.08. The molecule has 128 valence electrons. The number of aryl methyl sites for hydroxylation is 2. The zero-order valence-corrected chi connectivity index (χ0v) is 15.6. The van der Waals surface area contributed by atoms with Gasteiger partial charge in [-0.25, -0.2) is 4.79 Å². The number of carbonyl (C=O) groups is 1. The van der Waals surface area contributed by atoms with Gasteiger partial charge in [-0.3, -0.25) is 4.68 Å². The average Bonchev–Trinajstić information content (AvgIpc) is 2.97. The minimum Gasteiger partial charge on any atom is -0.444 e. The van der Waals surface area contributed by atoms with Gasteiger partial charge in [0.25, 0.3) is 0 Å². The molecule has 0 saturated heterocycles. The monoisotopic (exact) mass is 345 g/mol. The number of fused-ring (bicyclic) bond motifs is 3. The second-order valence-corrected chi connectivity index (χ2v) is 7.99. The van der Waals surface area contributed by atoms with E-state index in [1.54, 1.807) is 11.3 Å². The van der Waals surface area contributed by atoms with Crippen LogP contribution in [0.5, 0.6) is 0 Å². The van der Waals surface area contributed by atoms with Gasteiger partial charge < -0.3 is 10.1 Å². The first kappa shape index (κ1) is 16.8. The molecule has 0 aliphatic heterocycles. The van der Waals surface area contributed by atoms with E-state index in [2.05, 4.69) is 37.4 Å². The quantitative estimate of drug-likeness (QED) is 0.766. The first-order chi connectivity index (χ1) is 11.3. The number of benzene rings is 1. The number of carbonyl (C=O) groups excluding carboxylic acids is 1. The van der Waals surface area contributed by atoms with Crippen LogP contribution in [0.1, 0.15) is 32.0 Å². The number of hydrogen-bond donors (Lipinski definition) is 1. The Morgan fingerprint density at radius 2 is 2.04 bits per heavy atom. The lowest BCUT2D eigenvalue weighted by Crippen LogP contribution is -2.34. The molecule has 0 fully saturated rings. The summed E-state index contributed by atoms with van der Waals surface area (Å²) >= 11 is 1.79. The molecule has 0 unspecified atom stereocenters. The Kier molecular flexibility index (Phi) is 4.25. The van der Waals surface area contributed by atoms with Gasteiger partial charge in [0.1, 0.15) is 11.1 Å². The number of thiophene rings is 1. The third-order valence-corrected chi connectivity index (χ3v) is 5.25. The fourth-order valence-electron chi connectivity index (χ4n) is 2.70. The van der Waals surface area contributed by atoms with Crippen LogP contribution in [-0.2, 0) is 11.3 Å². The Labute approximate surface area is 145 Å². The molecular formula is C18H23N3O2S. The summed E-state index contributed by atoms with van der Waals surface area (Å²) in [5.41, 5.74) is 2.99. The van der Waals surface area contributed by atoms with E-state index in [-0.39, 0.29) is 0 Å². The smallest absolute Gasteiger partial charge is 0.407 e. The van der Waals surface area contributed by atoms with E-state index in [0.717, 1.165) is 11.2 Å². The number of aromatic nitrogens is 2. The van der Waals surface area contributed by atoms with Crippen molar-refractivity contribution in [3.8, 4) is 0 Å². The molecule has 1 aromatic carbocycles. The molecule has 24 heavy (non-hydrogen) atoms. The molecular weight excluding hydrogens is 322 g/mol. The average molecular weight is 345 g/mol. The third kappa shape index (κ3) is 3.24. The van der Waals surface area contributed by atoms with Crippen molar-refractivity contribution in [3.63, 3.8) is 0 Å². The van der Waals surface area contributed by atoms with E-state index in [1.807, 2.05) is 25.5 Å². The van der Waals surface area contributed by atoms with E-state index in [9.17, 15) is 4.79 Å².